The zero-order valence-electron chi connectivity index (χ0n) is 17.6. The summed E-state index contributed by atoms with van der Waals surface area (Å²) in [4.78, 5) is 0.605. The van der Waals surface area contributed by atoms with E-state index in [1.165, 1.54) is 0 Å². The van der Waals surface area contributed by atoms with E-state index in [1.54, 1.807) is 35.5 Å². The molecule has 0 heterocycles. The summed E-state index contributed by atoms with van der Waals surface area (Å²) < 4.78 is 26.9. The normalized spacial score (nSPS) is 10.6. The van der Waals surface area contributed by atoms with Gasteiger partial charge in [-0.05, 0) is 42.3 Å². The Bertz CT molecular complexity index is 870. The molecule has 0 spiro atoms. The van der Waals surface area contributed by atoms with Crippen molar-refractivity contribution in [1.82, 2.24) is 5.32 Å². The van der Waals surface area contributed by atoms with Crippen LogP contribution in [0.2, 0.25) is 0 Å². The van der Waals surface area contributed by atoms with Crippen LogP contribution in [0.1, 0.15) is 16.7 Å². The molecule has 0 fully saturated rings. The number of thiocarbonyl (C=S) groups is 1. The molecule has 1 N–H and O–H groups in total. The van der Waals surface area contributed by atoms with Crippen LogP contribution in [0, 0.1) is 6.92 Å². The number of methoxy groups -OCH3 is 5. The predicted molar refractivity (Wildman–Crippen MR) is 119 cm³/mol. The van der Waals surface area contributed by atoms with Crippen molar-refractivity contribution in [2.24, 2.45) is 0 Å². The zero-order valence-corrected chi connectivity index (χ0v) is 18.4. The Morgan fingerprint density at radius 3 is 1.97 bits per heavy atom. The Hall–Kier alpha value is -2.93. The fourth-order valence-corrected chi connectivity index (χ4v) is 3.07. The second kappa shape index (κ2) is 10.6. The van der Waals surface area contributed by atoms with Gasteiger partial charge in [0.05, 0.1) is 40.5 Å². The lowest BCUT2D eigenvalue weighted by molar-refractivity contribution is 0.323. The molecule has 2 aromatic carbocycles. The van der Waals surface area contributed by atoms with Crippen LogP contribution in [-0.2, 0) is 6.54 Å². The first-order valence-electron chi connectivity index (χ1n) is 8.95. The lowest BCUT2D eigenvalue weighted by Gasteiger charge is -2.14. The summed E-state index contributed by atoms with van der Waals surface area (Å²) in [6.07, 6.45) is 3.80. The van der Waals surface area contributed by atoms with Crippen molar-refractivity contribution < 1.29 is 23.7 Å². The van der Waals surface area contributed by atoms with Gasteiger partial charge in [0.15, 0.2) is 23.0 Å². The molecule has 0 aliphatic carbocycles. The summed E-state index contributed by atoms with van der Waals surface area (Å²) in [6, 6.07) is 7.62. The predicted octanol–water partition coefficient (Wildman–Crippen LogP) is 4.17. The highest BCUT2D eigenvalue weighted by molar-refractivity contribution is 7.80. The van der Waals surface area contributed by atoms with E-state index < -0.39 is 0 Å². The number of hydrogen-bond acceptors (Lipinski definition) is 6. The van der Waals surface area contributed by atoms with Crippen molar-refractivity contribution in [2.75, 3.05) is 35.5 Å². The Labute approximate surface area is 177 Å². The molecule has 29 heavy (non-hydrogen) atoms. The lowest BCUT2D eigenvalue weighted by Crippen LogP contribution is -2.18. The highest BCUT2D eigenvalue weighted by atomic mass is 32.1. The molecule has 2 aromatic rings. The first-order valence-corrected chi connectivity index (χ1v) is 9.36. The molecule has 0 unspecified atom stereocenters. The number of hydrogen-bond donors (Lipinski definition) is 1. The molecular weight excluding hydrogens is 390 g/mol. The first-order chi connectivity index (χ1) is 14.0. The minimum Gasteiger partial charge on any atom is -0.493 e. The Kier molecular flexibility index (Phi) is 8.15. The molecule has 0 aliphatic rings. The van der Waals surface area contributed by atoms with Crippen LogP contribution in [0.5, 0.6) is 28.7 Å². The molecule has 6 nitrogen and oxygen atoms in total. The van der Waals surface area contributed by atoms with Crippen LogP contribution in [0.3, 0.4) is 0 Å². The molecule has 0 saturated carbocycles. The van der Waals surface area contributed by atoms with E-state index in [9.17, 15) is 0 Å². The average molecular weight is 418 g/mol. The minimum absolute atomic E-state index is 0.519. The second-order valence-corrected chi connectivity index (χ2v) is 6.54. The molecule has 2 rings (SSSR count). The largest absolute Gasteiger partial charge is 0.493 e. The van der Waals surface area contributed by atoms with Crippen molar-refractivity contribution in [3.05, 3.63) is 47.0 Å². The fourth-order valence-electron chi connectivity index (χ4n) is 2.93. The summed E-state index contributed by atoms with van der Waals surface area (Å²) in [7, 11) is 8.01. The van der Waals surface area contributed by atoms with Crippen LogP contribution >= 0.6 is 12.2 Å². The topological polar surface area (TPSA) is 58.2 Å². The van der Waals surface area contributed by atoms with Gasteiger partial charge in [0.1, 0.15) is 0 Å². The molecule has 0 aliphatic heterocycles. The van der Waals surface area contributed by atoms with E-state index in [1.807, 2.05) is 43.3 Å². The van der Waals surface area contributed by atoms with Crippen LogP contribution in [0.15, 0.2) is 30.3 Å². The van der Waals surface area contributed by atoms with E-state index in [0.717, 1.165) is 16.7 Å². The van der Waals surface area contributed by atoms with E-state index in [0.29, 0.717) is 40.3 Å². The van der Waals surface area contributed by atoms with Gasteiger partial charge in [0, 0.05) is 12.1 Å². The average Bonchev–Trinajstić information content (AvgIpc) is 2.75. The van der Waals surface area contributed by atoms with Crippen molar-refractivity contribution >= 4 is 23.3 Å². The maximum absolute atomic E-state index is 5.44. The fraction of sp³-hybridized carbons (Fsp3) is 0.318. The molecule has 0 radical (unpaired) electrons. The monoisotopic (exact) mass is 417 g/mol. The lowest BCUT2D eigenvalue weighted by atomic mass is 10.1. The van der Waals surface area contributed by atoms with Gasteiger partial charge in [-0.2, -0.15) is 0 Å². The number of nitrogens with one attached hydrogen (secondary N) is 1. The number of rotatable bonds is 9. The zero-order chi connectivity index (χ0) is 21.4. The summed E-state index contributed by atoms with van der Waals surface area (Å²) in [6.45, 7) is 2.50. The van der Waals surface area contributed by atoms with Crippen molar-refractivity contribution in [2.45, 2.75) is 13.5 Å². The van der Waals surface area contributed by atoms with Gasteiger partial charge in [-0.25, -0.2) is 0 Å². The second-order valence-electron chi connectivity index (χ2n) is 6.10. The summed E-state index contributed by atoms with van der Waals surface area (Å²) in [5.74, 6) is 3.18. The summed E-state index contributed by atoms with van der Waals surface area (Å²) >= 11 is 5.44. The van der Waals surface area contributed by atoms with Crippen LogP contribution in [0.25, 0.3) is 6.08 Å². The van der Waals surface area contributed by atoms with Gasteiger partial charge in [-0.1, -0.05) is 24.4 Å². The Morgan fingerprint density at radius 2 is 1.45 bits per heavy atom. The van der Waals surface area contributed by atoms with Gasteiger partial charge in [-0.15, -0.1) is 0 Å². The van der Waals surface area contributed by atoms with E-state index >= 15 is 0 Å². The third kappa shape index (κ3) is 5.32. The van der Waals surface area contributed by atoms with E-state index in [2.05, 4.69) is 5.32 Å². The molecule has 0 aromatic heterocycles. The third-order valence-electron chi connectivity index (χ3n) is 4.44. The molecule has 0 amide bonds. The van der Waals surface area contributed by atoms with Crippen molar-refractivity contribution in [3.8, 4) is 28.7 Å². The molecule has 0 atom stereocenters. The Balaban J connectivity index is 2.11. The molecule has 7 heteroatoms. The Morgan fingerprint density at radius 1 is 0.862 bits per heavy atom. The maximum atomic E-state index is 5.44. The SMILES string of the molecule is COc1cc(CNC(=S)/C=C/c2ccc(OC)c(OC)c2C)cc(OC)c1OC. The first kappa shape index (κ1) is 22.4. The van der Waals surface area contributed by atoms with Crippen molar-refractivity contribution in [3.63, 3.8) is 0 Å². The van der Waals surface area contributed by atoms with Gasteiger partial charge < -0.3 is 29.0 Å². The minimum atomic E-state index is 0.519. The maximum Gasteiger partial charge on any atom is 0.203 e. The van der Waals surface area contributed by atoms with Gasteiger partial charge in [0.25, 0.3) is 0 Å². The van der Waals surface area contributed by atoms with E-state index in [4.69, 9.17) is 35.9 Å². The molecule has 0 bridgehead atoms. The highest BCUT2D eigenvalue weighted by Gasteiger charge is 2.13. The van der Waals surface area contributed by atoms with Crippen molar-refractivity contribution in [1.29, 1.82) is 0 Å². The smallest absolute Gasteiger partial charge is 0.203 e. The van der Waals surface area contributed by atoms with Gasteiger partial charge in [0.2, 0.25) is 5.75 Å². The third-order valence-corrected chi connectivity index (χ3v) is 4.72. The van der Waals surface area contributed by atoms with Gasteiger partial charge >= 0.3 is 0 Å². The quantitative estimate of drug-likeness (QED) is 0.485. The standard InChI is InChI=1S/C22H27NO5S/c1-14-16(7-9-17(24-2)21(14)27-5)8-10-20(29)23-13-15-11-18(25-3)22(28-6)19(12-15)26-4/h7-12H,13H2,1-6H3,(H,23,29)/b10-8+. The van der Waals surface area contributed by atoms with Crippen LogP contribution < -0.4 is 29.0 Å². The van der Waals surface area contributed by atoms with Gasteiger partial charge in [-0.3, -0.25) is 0 Å². The summed E-state index contributed by atoms with van der Waals surface area (Å²) in [5, 5.41) is 3.22. The van der Waals surface area contributed by atoms with Crippen LogP contribution in [0.4, 0.5) is 0 Å². The highest BCUT2D eigenvalue weighted by Crippen LogP contribution is 2.38. The number of benzene rings is 2. The van der Waals surface area contributed by atoms with Crippen LogP contribution in [-0.4, -0.2) is 40.5 Å². The van der Waals surface area contributed by atoms with E-state index in [-0.39, 0.29) is 0 Å². The summed E-state index contributed by atoms with van der Waals surface area (Å²) in [5.41, 5.74) is 2.94. The molecule has 156 valence electrons. The number of ether oxygens (including phenoxy) is 5. The molecular formula is C22H27NO5S. The molecule has 0 saturated heterocycles.